The minimum absolute atomic E-state index is 0.115. The van der Waals surface area contributed by atoms with Crippen LogP contribution in [0.25, 0.3) is 0 Å². The molecule has 1 aliphatic heterocycles. The third kappa shape index (κ3) is 4.37. The van der Waals surface area contributed by atoms with Crippen molar-refractivity contribution in [2.45, 2.75) is 17.4 Å². The van der Waals surface area contributed by atoms with E-state index in [1.165, 1.54) is 53.5 Å². The van der Waals surface area contributed by atoms with Gasteiger partial charge in [0, 0.05) is 12.0 Å². The third-order valence-corrected chi connectivity index (χ3v) is 5.91. The first-order chi connectivity index (χ1) is 14.7. The predicted octanol–water partition coefficient (Wildman–Crippen LogP) is 3.60. The van der Waals surface area contributed by atoms with Gasteiger partial charge in [-0.1, -0.05) is 24.3 Å². The van der Waals surface area contributed by atoms with Gasteiger partial charge in [0.2, 0.25) is 10.0 Å². The lowest BCUT2D eigenvalue weighted by Gasteiger charge is -2.22. The van der Waals surface area contributed by atoms with Gasteiger partial charge in [0.25, 0.3) is 5.91 Å². The standard InChI is InChI=1S/C22H17F2N3O3S/c23-17-7-1-14(2-8-17)20-13-21(15-3-9-18(24)10-4-15)27(26-20)22(28)16-5-11-19(12-6-16)31(25,29)30/h1-12,21H,13H2,(H2,25,29,30). The number of hydrazone groups is 1. The molecule has 0 saturated heterocycles. The molecule has 3 aromatic rings. The SMILES string of the molecule is NS(=O)(=O)c1ccc(C(=O)N2N=C(c3ccc(F)cc3)CC2c2ccc(F)cc2)cc1. The van der Waals surface area contributed by atoms with Crippen LogP contribution in [-0.2, 0) is 10.0 Å². The zero-order valence-electron chi connectivity index (χ0n) is 16.1. The number of carbonyl (C=O) groups is 1. The van der Waals surface area contributed by atoms with Gasteiger partial charge in [0.1, 0.15) is 11.6 Å². The summed E-state index contributed by atoms with van der Waals surface area (Å²) in [5.41, 5.74) is 2.12. The highest BCUT2D eigenvalue weighted by atomic mass is 32.2. The van der Waals surface area contributed by atoms with Crippen molar-refractivity contribution in [3.8, 4) is 0 Å². The maximum atomic E-state index is 13.4. The number of halogens is 2. The lowest BCUT2D eigenvalue weighted by Crippen LogP contribution is -2.27. The maximum absolute atomic E-state index is 13.4. The number of nitrogens with zero attached hydrogens (tertiary/aromatic N) is 2. The first kappa shape index (κ1) is 20.8. The van der Waals surface area contributed by atoms with Crippen LogP contribution in [0.2, 0.25) is 0 Å². The van der Waals surface area contributed by atoms with Crippen LogP contribution in [0.15, 0.2) is 82.8 Å². The lowest BCUT2D eigenvalue weighted by molar-refractivity contribution is 0.0711. The summed E-state index contributed by atoms with van der Waals surface area (Å²) in [6, 6.07) is 16.2. The molecule has 9 heteroatoms. The van der Waals surface area contributed by atoms with Gasteiger partial charge in [-0.05, 0) is 59.7 Å². The predicted molar refractivity (Wildman–Crippen MR) is 111 cm³/mol. The number of hydrogen-bond acceptors (Lipinski definition) is 4. The smallest absolute Gasteiger partial charge is 0.267 e. The minimum atomic E-state index is -3.89. The molecular weight excluding hydrogens is 424 g/mol. The van der Waals surface area contributed by atoms with Gasteiger partial charge in [-0.15, -0.1) is 0 Å². The summed E-state index contributed by atoms with van der Waals surface area (Å²) in [5.74, 6) is -1.26. The second-order valence-electron chi connectivity index (χ2n) is 7.04. The van der Waals surface area contributed by atoms with E-state index in [2.05, 4.69) is 5.10 Å². The molecule has 2 N–H and O–H groups in total. The molecule has 6 nitrogen and oxygen atoms in total. The molecule has 158 valence electrons. The number of primary sulfonamides is 1. The zero-order chi connectivity index (χ0) is 22.2. The van der Waals surface area contributed by atoms with Crippen molar-refractivity contribution in [1.82, 2.24) is 5.01 Å². The molecule has 0 fully saturated rings. The van der Waals surface area contributed by atoms with Crippen molar-refractivity contribution in [2.75, 3.05) is 0 Å². The molecule has 1 aliphatic rings. The van der Waals surface area contributed by atoms with E-state index in [1.54, 1.807) is 24.3 Å². The Kier molecular flexibility index (Phi) is 5.38. The average molecular weight is 441 g/mol. The molecule has 0 aromatic heterocycles. The highest BCUT2D eigenvalue weighted by Gasteiger charge is 2.33. The van der Waals surface area contributed by atoms with Gasteiger partial charge in [-0.25, -0.2) is 27.3 Å². The summed E-state index contributed by atoms with van der Waals surface area (Å²) in [6.45, 7) is 0. The molecule has 0 aliphatic carbocycles. The number of hydrogen-bond donors (Lipinski definition) is 1. The third-order valence-electron chi connectivity index (χ3n) is 4.98. The van der Waals surface area contributed by atoms with E-state index in [4.69, 9.17) is 5.14 Å². The molecule has 0 saturated carbocycles. The number of benzene rings is 3. The van der Waals surface area contributed by atoms with Gasteiger partial charge in [-0.3, -0.25) is 4.79 Å². The molecule has 3 aromatic carbocycles. The van der Waals surface area contributed by atoms with Gasteiger partial charge in [0.05, 0.1) is 16.6 Å². The van der Waals surface area contributed by atoms with Gasteiger partial charge < -0.3 is 0 Å². The normalized spacial score (nSPS) is 16.3. The highest BCUT2D eigenvalue weighted by molar-refractivity contribution is 7.89. The van der Waals surface area contributed by atoms with E-state index in [9.17, 15) is 22.0 Å². The van der Waals surface area contributed by atoms with Crippen molar-refractivity contribution < 1.29 is 22.0 Å². The second kappa shape index (κ2) is 8.01. The van der Waals surface area contributed by atoms with Crippen LogP contribution < -0.4 is 5.14 Å². The highest BCUT2D eigenvalue weighted by Crippen LogP contribution is 2.34. The van der Waals surface area contributed by atoms with Crippen LogP contribution in [0.1, 0.15) is 33.9 Å². The van der Waals surface area contributed by atoms with Gasteiger partial charge in [0.15, 0.2) is 0 Å². The number of carbonyl (C=O) groups excluding carboxylic acids is 1. The van der Waals surface area contributed by atoms with Crippen LogP contribution in [0.4, 0.5) is 8.78 Å². The van der Waals surface area contributed by atoms with E-state index < -0.39 is 27.8 Å². The molecule has 1 unspecified atom stereocenters. The van der Waals surface area contributed by atoms with Crippen molar-refractivity contribution in [3.63, 3.8) is 0 Å². The quantitative estimate of drug-likeness (QED) is 0.670. The van der Waals surface area contributed by atoms with E-state index in [1.807, 2.05) is 0 Å². The van der Waals surface area contributed by atoms with Crippen LogP contribution >= 0.6 is 0 Å². The maximum Gasteiger partial charge on any atom is 0.274 e. The Bertz CT molecular complexity index is 1260. The Hall–Kier alpha value is -3.43. The van der Waals surface area contributed by atoms with Crippen LogP contribution in [-0.4, -0.2) is 25.0 Å². The Morgan fingerprint density at radius 2 is 1.45 bits per heavy atom. The van der Waals surface area contributed by atoms with Crippen molar-refractivity contribution in [2.24, 2.45) is 10.2 Å². The zero-order valence-corrected chi connectivity index (χ0v) is 16.9. The molecule has 0 spiro atoms. The van der Waals surface area contributed by atoms with Crippen LogP contribution in [0.5, 0.6) is 0 Å². The molecule has 31 heavy (non-hydrogen) atoms. The molecule has 1 amide bonds. The fourth-order valence-electron chi connectivity index (χ4n) is 3.38. The molecule has 1 heterocycles. The van der Waals surface area contributed by atoms with E-state index in [0.29, 0.717) is 23.3 Å². The number of nitrogens with two attached hydrogens (primary N) is 1. The molecule has 4 rings (SSSR count). The first-order valence-electron chi connectivity index (χ1n) is 9.28. The van der Waals surface area contributed by atoms with Crippen LogP contribution in [0, 0.1) is 11.6 Å². The molecule has 1 atom stereocenters. The number of amides is 1. The van der Waals surface area contributed by atoms with Crippen molar-refractivity contribution in [1.29, 1.82) is 0 Å². The average Bonchev–Trinajstić information content (AvgIpc) is 3.19. The largest absolute Gasteiger partial charge is 0.274 e. The fraction of sp³-hybridized carbons (Fsp3) is 0.0909. The number of sulfonamides is 1. The summed E-state index contributed by atoms with van der Waals surface area (Å²) in [4.78, 5) is 13.1. The summed E-state index contributed by atoms with van der Waals surface area (Å²) in [6.07, 6.45) is 0.346. The van der Waals surface area contributed by atoms with E-state index in [-0.39, 0.29) is 16.3 Å². The summed E-state index contributed by atoms with van der Waals surface area (Å²) in [7, 11) is -3.89. The van der Waals surface area contributed by atoms with Crippen molar-refractivity contribution >= 4 is 21.6 Å². The summed E-state index contributed by atoms with van der Waals surface area (Å²) < 4.78 is 49.6. The summed E-state index contributed by atoms with van der Waals surface area (Å²) >= 11 is 0. The number of rotatable bonds is 4. The topological polar surface area (TPSA) is 92.8 Å². The minimum Gasteiger partial charge on any atom is -0.267 e. The van der Waals surface area contributed by atoms with Crippen LogP contribution in [0.3, 0.4) is 0 Å². The fourth-order valence-corrected chi connectivity index (χ4v) is 3.89. The molecule has 0 bridgehead atoms. The lowest BCUT2D eigenvalue weighted by atomic mass is 9.98. The Morgan fingerprint density at radius 3 is 2.00 bits per heavy atom. The second-order valence-corrected chi connectivity index (χ2v) is 8.61. The Balaban J connectivity index is 1.71. The summed E-state index contributed by atoms with van der Waals surface area (Å²) in [5, 5.41) is 10.8. The van der Waals surface area contributed by atoms with E-state index >= 15 is 0 Å². The first-order valence-corrected chi connectivity index (χ1v) is 10.8. The van der Waals surface area contributed by atoms with Gasteiger partial charge >= 0.3 is 0 Å². The van der Waals surface area contributed by atoms with Gasteiger partial charge in [-0.2, -0.15) is 5.10 Å². The monoisotopic (exact) mass is 441 g/mol. The van der Waals surface area contributed by atoms with Crippen molar-refractivity contribution in [3.05, 3.63) is 101 Å². The Morgan fingerprint density at radius 1 is 0.903 bits per heavy atom. The molecule has 0 radical (unpaired) electrons. The Labute approximate surface area is 177 Å². The van der Waals surface area contributed by atoms with E-state index in [0.717, 1.165) is 0 Å². The molecular formula is C22H17F2N3O3S.